The molecule has 0 aromatic heterocycles. The van der Waals surface area contributed by atoms with Crippen molar-refractivity contribution >= 4 is 11.6 Å². The second-order valence-corrected chi connectivity index (χ2v) is 7.07. The van der Waals surface area contributed by atoms with Crippen LogP contribution in [0, 0.1) is 6.92 Å². The number of hydrazone groups is 1. The molecule has 1 aliphatic rings. The molecule has 1 N–H and O–H groups in total. The van der Waals surface area contributed by atoms with E-state index in [2.05, 4.69) is 5.10 Å². The van der Waals surface area contributed by atoms with Crippen molar-refractivity contribution in [2.45, 2.75) is 19.4 Å². The molecule has 1 aliphatic heterocycles. The van der Waals surface area contributed by atoms with Crippen molar-refractivity contribution in [3.05, 3.63) is 95.1 Å². The van der Waals surface area contributed by atoms with Crippen LogP contribution in [0.5, 0.6) is 11.5 Å². The Morgan fingerprint density at radius 1 is 1.03 bits per heavy atom. The van der Waals surface area contributed by atoms with E-state index >= 15 is 0 Å². The van der Waals surface area contributed by atoms with Crippen LogP contribution in [0.15, 0.2) is 77.9 Å². The summed E-state index contributed by atoms with van der Waals surface area (Å²) in [5.74, 6) is 0.741. The van der Waals surface area contributed by atoms with Gasteiger partial charge in [-0.2, -0.15) is 5.10 Å². The zero-order valence-electron chi connectivity index (χ0n) is 16.4. The minimum Gasteiger partial charge on any atom is -0.507 e. The zero-order valence-corrected chi connectivity index (χ0v) is 16.4. The fourth-order valence-corrected chi connectivity index (χ4v) is 3.49. The van der Waals surface area contributed by atoms with Crippen LogP contribution in [0.1, 0.15) is 39.5 Å². The fourth-order valence-electron chi connectivity index (χ4n) is 3.49. The summed E-state index contributed by atoms with van der Waals surface area (Å²) in [5.41, 5.74) is 3.96. The van der Waals surface area contributed by atoms with Gasteiger partial charge in [-0.05, 0) is 48.9 Å². The average Bonchev–Trinajstić information content (AvgIpc) is 3.19. The number of hydrogen-bond acceptors (Lipinski definition) is 4. The van der Waals surface area contributed by atoms with E-state index in [-0.39, 0.29) is 17.7 Å². The third kappa shape index (κ3) is 3.72. The lowest BCUT2D eigenvalue weighted by Gasteiger charge is -2.22. The van der Waals surface area contributed by atoms with Crippen molar-refractivity contribution < 1.29 is 14.6 Å². The molecule has 0 radical (unpaired) electrons. The van der Waals surface area contributed by atoms with Crippen LogP contribution < -0.4 is 4.74 Å². The molecule has 3 aromatic carbocycles. The standard InChI is InChI=1S/C24H22N2O3/c1-16-7-9-18(10-8-16)24(28)26-22(17-11-13-19(29-2)14-12-17)15-21(25-26)20-5-3-4-6-23(20)27/h3-14,22,27H,15H2,1-2H3/t22-/m1/s1. The van der Waals surface area contributed by atoms with Crippen LogP contribution in [0.4, 0.5) is 0 Å². The van der Waals surface area contributed by atoms with E-state index < -0.39 is 0 Å². The summed E-state index contributed by atoms with van der Waals surface area (Å²) in [7, 11) is 1.62. The molecule has 0 fully saturated rings. The maximum absolute atomic E-state index is 13.3. The molecule has 5 nitrogen and oxygen atoms in total. The van der Waals surface area contributed by atoms with Gasteiger partial charge in [0.05, 0.1) is 18.9 Å². The first-order valence-electron chi connectivity index (χ1n) is 9.47. The summed E-state index contributed by atoms with van der Waals surface area (Å²) in [6.07, 6.45) is 0.515. The summed E-state index contributed by atoms with van der Waals surface area (Å²) in [6.45, 7) is 1.98. The number of hydrogen-bond donors (Lipinski definition) is 1. The number of nitrogens with zero attached hydrogens (tertiary/aromatic N) is 2. The predicted octanol–water partition coefficient (Wildman–Crippen LogP) is 4.70. The maximum atomic E-state index is 13.3. The Hall–Kier alpha value is -3.60. The molecule has 4 rings (SSSR count). The molecule has 0 bridgehead atoms. The first-order valence-corrected chi connectivity index (χ1v) is 9.47. The van der Waals surface area contributed by atoms with Gasteiger partial charge in [-0.3, -0.25) is 4.79 Å². The SMILES string of the molecule is COc1ccc([C@H]2CC(c3ccccc3O)=NN2C(=O)c2ccc(C)cc2)cc1. The number of para-hydroxylation sites is 1. The molecule has 0 saturated heterocycles. The number of ether oxygens (including phenoxy) is 1. The van der Waals surface area contributed by atoms with Gasteiger partial charge in [0.1, 0.15) is 11.5 Å². The molecule has 1 atom stereocenters. The molecule has 5 heteroatoms. The number of carbonyl (C=O) groups is 1. The quantitative estimate of drug-likeness (QED) is 0.707. The minimum atomic E-state index is -0.260. The van der Waals surface area contributed by atoms with E-state index in [1.807, 2.05) is 67.6 Å². The first-order chi connectivity index (χ1) is 14.1. The lowest BCUT2D eigenvalue weighted by atomic mass is 9.97. The van der Waals surface area contributed by atoms with E-state index in [1.54, 1.807) is 19.2 Å². The number of amides is 1. The number of aryl methyl sites for hydroxylation is 1. The summed E-state index contributed by atoms with van der Waals surface area (Å²) in [4.78, 5) is 13.3. The molecular formula is C24H22N2O3. The van der Waals surface area contributed by atoms with Gasteiger partial charge in [-0.15, -0.1) is 0 Å². The highest BCUT2D eigenvalue weighted by molar-refractivity contribution is 6.06. The lowest BCUT2D eigenvalue weighted by Crippen LogP contribution is -2.27. The Morgan fingerprint density at radius 3 is 2.38 bits per heavy atom. The lowest BCUT2D eigenvalue weighted by molar-refractivity contribution is 0.0711. The summed E-state index contributed by atoms with van der Waals surface area (Å²) >= 11 is 0. The van der Waals surface area contributed by atoms with E-state index in [1.165, 1.54) is 5.01 Å². The topological polar surface area (TPSA) is 62.1 Å². The van der Waals surface area contributed by atoms with Crippen LogP contribution in [-0.4, -0.2) is 28.8 Å². The number of benzene rings is 3. The van der Waals surface area contributed by atoms with Gasteiger partial charge in [0, 0.05) is 17.5 Å². The highest BCUT2D eigenvalue weighted by Crippen LogP contribution is 2.36. The third-order valence-electron chi connectivity index (χ3n) is 5.13. The Labute approximate surface area is 169 Å². The molecule has 3 aromatic rings. The van der Waals surface area contributed by atoms with Gasteiger partial charge in [0.2, 0.25) is 0 Å². The highest BCUT2D eigenvalue weighted by atomic mass is 16.5. The molecule has 1 heterocycles. The molecule has 29 heavy (non-hydrogen) atoms. The Morgan fingerprint density at radius 2 is 1.72 bits per heavy atom. The van der Waals surface area contributed by atoms with Crippen molar-refractivity contribution in [2.24, 2.45) is 5.10 Å². The summed E-state index contributed by atoms with van der Waals surface area (Å²) in [5, 5.41) is 16.4. The molecule has 146 valence electrons. The molecule has 0 spiro atoms. The van der Waals surface area contributed by atoms with E-state index in [4.69, 9.17) is 4.74 Å². The van der Waals surface area contributed by atoms with Crippen molar-refractivity contribution in [1.82, 2.24) is 5.01 Å². The Balaban J connectivity index is 1.73. The van der Waals surface area contributed by atoms with Crippen LogP contribution in [0.25, 0.3) is 0 Å². The van der Waals surface area contributed by atoms with Crippen LogP contribution in [0.3, 0.4) is 0 Å². The van der Waals surface area contributed by atoms with Gasteiger partial charge in [0.25, 0.3) is 5.91 Å². The molecule has 0 unspecified atom stereocenters. The van der Waals surface area contributed by atoms with Crippen LogP contribution >= 0.6 is 0 Å². The molecule has 0 saturated carbocycles. The monoisotopic (exact) mass is 386 g/mol. The van der Waals surface area contributed by atoms with Crippen molar-refractivity contribution in [2.75, 3.05) is 7.11 Å². The molecule has 1 amide bonds. The zero-order chi connectivity index (χ0) is 20.4. The Bertz CT molecular complexity index is 1060. The normalized spacial score (nSPS) is 15.9. The van der Waals surface area contributed by atoms with Gasteiger partial charge in [0.15, 0.2) is 0 Å². The number of rotatable bonds is 4. The number of phenols is 1. The number of aromatic hydroxyl groups is 1. The smallest absolute Gasteiger partial charge is 0.274 e. The molecular weight excluding hydrogens is 364 g/mol. The van der Waals surface area contributed by atoms with Crippen LogP contribution in [0.2, 0.25) is 0 Å². The van der Waals surface area contributed by atoms with Gasteiger partial charge >= 0.3 is 0 Å². The number of methoxy groups -OCH3 is 1. The van der Waals surface area contributed by atoms with Crippen molar-refractivity contribution in [3.8, 4) is 11.5 Å². The molecule has 0 aliphatic carbocycles. The summed E-state index contributed by atoms with van der Waals surface area (Å²) < 4.78 is 5.25. The minimum absolute atomic E-state index is 0.157. The van der Waals surface area contributed by atoms with Crippen LogP contribution in [-0.2, 0) is 0 Å². The Kier molecular flexibility index (Phi) is 5.04. The maximum Gasteiger partial charge on any atom is 0.274 e. The predicted molar refractivity (Wildman–Crippen MR) is 112 cm³/mol. The van der Waals surface area contributed by atoms with Gasteiger partial charge < -0.3 is 9.84 Å². The van der Waals surface area contributed by atoms with Gasteiger partial charge in [-0.25, -0.2) is 5.01 Å². The first kappa shape index (κ1) is 18.7. The third-order valence-corrected chi connectivity index (χ3v) is 5.13. The fraction of sp³-hybridized carbons (Fsp3) is 0.167. The second kappa shape index (κ2) is 7.80. The van der Waals surface area contributed by atoms with E-state index in [9.17, 15) is 9.90 Å². The van der Waals surface area contributed by atoms with Crippen molar-refractivity contribution in [1.29, 1.82) is 0 Å². The van der Waals surface area contributed by atoms with E-state index in [0.29, 0.717) is 23.3 Å². The van der Waals surface area contributed by atoms with E-state index in [0.717, 1.165) is 16.9 Å². The van der Waals surface area contributed by atoms with Crippen molar-refractivity contribution in [3.63, 3.8) is 0 Å². The average molecular weight is 386 g/mol. The second-order valence-electron chi connectivity index (χ2n) is 7.07. The summed E-state index contributed by atoms with van der Waals surface area (Å²) in [6, 6.07) is 21.9. The van der Waals surface area contributed by atoms with Gasteiger partial charge in [-0.1, -0.05) is 42.0 Å². The number of phenolic OH excluding ortho intramolecular Hbond substituents is 1. The largest absolute Gasteiger partial charge is 0.507 e. The highest BCUT2D eigenvalue weighted by Gasteiger charge is 2.34. The number of carbonyl (C=O) groups excluding carboxylic acids is 1.